The number of sulfonamides is 1. The van der Waals surface area contributed by atoms with Gasteiger partial charge in [0.1, 0.15) is 23.4 Å². The molecule has 0 N–H and O–H groups in total. The number of pyridine rings is 1. The third-order valence-electron chi connectivity index (χ3n) is 4.66. The van der Waals surface area contributed by atoms with Gasteiger partial charge in [0.15, 0.2) is 0 Å². The number of benzene rings is 2. The maximum Gasteiger partial charge on any atom is 0.266 e. The van der Waals surface area contributed by atoms with E-state index in [-0.39, 0.29) is 29.5 Å². The zero-order valence-corrected chi connectivity index (χ0v) is 19.1. The highest BCUT2D eigenvalue weighted by Gasteiger charge is 2.30. The van der Waals surface area contributed by atoms with Crippen molar-refractivity contribution in [3.63, 3.8) is 0 Å². The first kappa shape index (κ1) is 23.0. The molecule has 0 aliphatic carbocycles. The molecule has 3 aromatic rings. The zero-order valence-electron chi connectivity index (χ0n) is 17.5. The van der Waals surface area contributed by atoms with E-state index >= 15 is 0 Å². The van der Waals surface area contributed by atoms with Crippen LogP contribution in [0.2, 0.25) is 5.02 Å². The lowest BCUT2D eigenvalue weighted by Gasteiger charge is -2.27. The van der Waals surface area contributed by atoms with Gasteiger partial charge in [-0.2, -0.15) is 0 Å². The number of nitrogens with zero attached hydrogens (tertiary/aromatic N) is 2. The molecule has 0 saturated heterocycles. The van der Waals surface area contributed by atoms with E-state index < -0.39 is 16.2 Å². The monoisotopic (exact) mass is 462 g/mol. The normalized spacial score (nSPS) is 12.4. The predicted octanol–water partition coefficient (Wildman–Crippen LogP) is 5.48. The third kappa shape index (κ3) is 5.54. The Morgan fingerprint density at radius 2 is 1.87 bits per heavy atom. The molecule has 31 heavy (non-hydrogen) atoms. The van der Waals surface area contributed by atoms with Crippen LogP contribution in [0.5, 0.6) is 5.75 Å². The first-order valence-corrected chi connectivity index (χ1v) is 11.6. The number of rotatable bonds is 8. The van der Waals surface area contributed by atoms with Gasteiger partial charge >= 0.3 is 0 Å². The van der Waals surface area contributed by atoms with Gasteiger partial charge in [-0.15, -0.1) is 0 Å². The minimum Gasteiger partial charge on any atom is -0.487 e. The van der Waals surface area contributed by atoms with E-state index in [2.05, 4.69) is 4.98 Å². The number of hydrogen-bond acceptors (Lipinski definition) is 4. The van der Waals surface area contributed by atoms with E-state index in [1.54, 1.807) is 19.1 Å². The van der Waals surface area contributed by atoms with E-state index in [0.29, 0.717) is 10.6 Å². The summed E-state index contributed by atoms with van der Waals surface area (Å²) in [5, 5.41) is 0.426. The summed E-state index contributed by atoms with van der Waals surface area (Å²) >= 11 is 6.30. The number of aromatic nitrogens is 1. The number of aryl methyl sites for hydroxylation is 2. The van der Waals surface area contributed by atoms with Gasteiger partial charge in [-0.25, -0.2) is 12.8 Å². The topological polar surface area (TPSA) is 59.5 Å². The smallest absolute Gasteiger partial charge is 0.266 e. The highest BCUT2D eigenvalue weighted by molar-refractivity contribution is 7.92. The molecule has 1 aromatic heterocycles. The van der Waals surface area contributed by atoms with Crippen molar-refractivity contribution in [2.75, 3.05) is 10.8 Å². The maximum absolute atomic E-state index is 14.1. The van der Waals surface area contributed by atoms with Crippen LogP contribution in [-0.4, -0.2) is 26.1 Å². The molecule has 0 radical (unpaired) electrons. The second-order valence-corrected chi connectivity index (χ2v) is 9.62. The van der Waals surface area contributed by atoms with Crippen LogP contribution in [0.3, 0.4) is 0 Å². The Hall–Kier alpha value is -2.64. The average Bonchev–Trinajstić information content (AvgIpc) is 2.74. The van der Waals surface area contributed by atoms with Crippen molar-refractivity contribution in [1.82, 2.24) is 4.98 Å². The minimum atomic E-state index is -4.08. The molecule has 3 rings (SSSR count). The van der Waals surface area contributed by atoms with Crippen LogP contribution in [0, 0.1) is 13.8 Å². The fourth-order valence-corrected chi connectivity index (χ4v) is 4.64. The van der Waals surface area contributed by atoms with Crippen LogP contribution in [-0.2, 0) is 16.6 Å². The fourth-order valence-electron chi connectivity index (χ4n) is 2.99. The molecule has 164 valence electrons. The standard InChI is InChI=1S/C23H24ClFN2O3S/c1-16-6-8-19(9-7-16)15-30-23-12-21(24)17(2)11-22(23)27(14-18(3)25)31(28,29)20-5-4-10-26-13-20/h4-13,18H,14-15H2,1-3H3. The van der Waals surface area contributed by atoms with Gasteiger partial charge in [-0.05, 0) is 50.1 Å². The first-order valence-electron chi connectivity index (χ1n) is 9.74. The Balaban J connectivity index is 2.05. The molecule has 0 fully saturated rings. The molecule has 8 heteroatoms. The van der Waals surface area contributed by atoms with Crippen LogP contribution in [0.25, 0.3) is 0 Å². The number of hydrogen-bond donors (Lipinski definition) is 0. The van der Waals surface area contributed by atoms with Crippen LogP contribution in [0.1, 0.15) is 23.6 Å². The summed E-state index contributed by atoms with van der Waals surface area (Å²) in [7, 11) is -4.08. The van der Waals surface area contributed by atoms with Crippen molar-refractivity contribution in [1.29, 1.82) is 0 Å². The van der Waals surface area contributed by atoms with Gasteiger partial charge in [-0.1, -0.05) is 41.4 Å². The number of anilines is 1. The van der Waals surface area contributed by atoms with Crippen LogP contribution < -0.4 is 9.04 Å². The summed E-state index contributed by atoms with van der Waals surface area (Å²) < 4.78 is 47.8. The summed E-state index contributed by atoms with van der Waals surface area (Å²) in [6, 6.07) is 13.9. The molecule has 1 atom stereocenters. The molecule has 0 bridgehead atoms. The quantitative estimate of drug-likeness (QED) is 0.444. The molecule has 0 aliphatic rings. The number of halogens is 2. The van der Waals surface area contributed by atoms with E-state index in [0.717, 1.165) is 15.4 Å². The molecule has 1 heterocycles. The van der Waals surface area contributed by atoms with Crippen LogP contribution in [0.4, 0.5) is 10.1 Å². The van der Waals surface area contributed by atoms with E-state index in [9.17, 15) is 12.8 Å². The largest absolute Gasteiger partial charge is 0.487 e. The zero-order chi connectivity index (χ0) is 22.6. The molecule has 0 aliphatic heterocycles. The Labute approximate surface area is 187 Å². The van der Waals surface area contributed by atoms with Crippen molar-refractivity contribution in [3.05, 3.63) is 82.6 Å². The summed E-state index contributed by atoms with van der Waals surface area (Å²) in [5.74, 6) is 0.254. The van der Waals surface area contributed by atoms with E-state index in [1.807, 2.05) is 31.2 Å². The summed E-state index contributed by atoms with van der Waals surface area (Å²) in [4.78, 5) is 3.86. The van der Waals surface area contributed by atoms with Gasteiger partial charge < -0.3 is 4.74 Å². The Morgan fingerprint density at radius 1 is 1.16 bits per heavy atom. The van der Waals surface area contributed by atoms with Gasteiger partial charge in [-0.3, -0.25) is 9.29 Å². The number of alkyl halides is 1. The van der Waals surface area contributed by atoms with Crippen LogP contribution in [0.15, 0.2) is 65.8 Å². The molecule has 0 amide bonds. The Morgan fingerprint density at radius 3 is 2.48 bits per heavy atom. The fraction of sp³-hybridized carbons (Fsp3) is 0.261. The highest BCUT2D eigenvalue weighted by Crippen LogP contribution is 2.37. The lowest BCUT2D eigenvalue weighted by atomic mass is 10.1. The van der Waals surface area contributed by atoms with Gasteiger partial charge in [0.05, 0.1) is 12.2 Å². The lowest BCUT2D eigenvalue weighted by Crippen LogP contribution is -2.36. The molecule has 5 nitrogen and oxygen atoms in total. The molecule has 0 spiro atoms. The third-order valence-corrected chi connectivity index (χ3v) is 6.83. The van der Waals surface area contributed by atoms with E-state index in [1.165, 1.54) is 31.5 Å². The molecule has 1 unspecified atom stereocenters. The predicted molar refractivity (Wildman–Crippen MR) is 121 cm³/mol. The van der Waals surface area contributed by atoms with Gasteiger partial charge in [0.2, 0.25) is 0 Å². The average molecular weight is 463 g/mol. The van der Waals surface area contributed by atoms with Crippen molar-refractivity contribution >= 4 is 27.3 Å². The van der Waals surface area contributed by atoms with E-state index in [4.69, 9.17) is 16.3 Å². The minimum absolute atomic E-state index is 0.0345. The van der Waals surface area contributed by atoms with Crippen molar-refractivity contribution in [2.45, 2.75) is 38.4 Å². The van der Waals surface area contributed by atoms with Gasteiger partial charge in [0, 0.05) is 23.5 Å². The Kier molecular flexibility index (Phi) is 7.18. The maximum atomic E-state index is 14.1. The summed E-state index contributed by atoms with van der Waals surface area (Å²) in [5.41, 5.74) is 2.90. The molecule has 0 saturated carbocycles. The van der Waals surface area contributed by atoms with Crippen LogP contribution >= 0.6 is 11.6 Å². The SMILES string of the molecule is Cc1ccc(COc2cc(Cl)c(C)cc2N(CC(C)F)S(=O)(=O)c2cccnc2)cc1. The second-order valence-electron chi connectivity index (χ2n) is 7.35. The summed E-state index contributed by atoms with van der Waals surface area (Å²) in [6.45, 7) is 4.88. The van der Waals surface area contributed by atoms with Crippen molar-refractivity contribution in [2.24, 2.45) is 0 Å². The highest BCUT2D eigenvalue weighted by atomic mass is 35.5. The molecule has 2 aromatic carbocycles. The van der Waals surface area contributed by atoms with Crippen molar-refractivity contribution < 1.29 is 17.5 Å². The van der Waals surface area contributed by atoms with Crippen molar-refractivity contribution in [3.8, 4) is 5.75 Å². The molecular weight excluding hydrogens is 439 g/mol. The summed E-state index contributed by atoms with van der Waals surface area (Å²) in [6.07, 6.45) is 1.30. The molecular formula is C23H24ClFN2O3S. The Bertz CT molecular complexity index is 1140. The first-order chi connectivity index (χ1) is 14.7. The van der Waals surface area contributed by atoms with Gasteiger partial charge in [0.25, 0.3) is 10.0 Å². The lowest BCUT2D eigenvalue weighted by molar-refractivity contribution is 0.306. The second kappa shape index (κ2) is 9.66. The number of ether oxygens (including phenoxy) is 1.